The summed E-state index contributed by atoms with van der Waals surface area (Å²) >= 11 is 0. The lowest BCUT2D eigenvalue weighted by Gasteiger charge is -2.32. The summed E-state index contributed by atoms with van der Waals surface area (Å²) in [6.07, 6.45) is 3.33. The van der Waals surface area contributed by atoms with Gasteiger partial charge in [0.05, 0.1) is 11.2 Å². The van der Waals surface area contributed by atoms with Crippen molar-refractivity contribution in [2.75, 3.05) is 13.6 Å². The van der Waals surface area contributed by atoms with E-state index in [4.69, 9.17) is 9.31 Å². The number of likely N-dealkylation sites (N-methyl/N-ethyl adjacent to an activating group) is 1. The minimum absolute atomic E-state index is 0.395. The number of nitrogens with zero attached hydrogens (tertiary/aromatic N) is 1. The molecule has 6 heteroatoms. The summed E-state index contributed by atoms with van der Waals surface area (Å²) in [4.78, 5) is 3.56. The zero-order valence-corrected chi connectivity index (χ0v) is 13.2. The highest BCUT2D eigenvalue weighted by Crippen LogP contribution is 2.38. The van der Waals surface area contributed by atoms with Crippen molar-refractivity contribution in [3.05, 3.63) is 35.3 Å². The van der Waals surface area contributed by atoms with Gasteiger partial charge in [0.1, 0.15) is 0 Å². The lowest BCUT2D eigenvalue weighted by atomic mass is 9.77. The molecule has 0 bridgehead atoms. The van der Waals surface area contributed by atoms with Crippen molar-refractivity contribution in [2.45, 2.75) is 38.9 Å². The Morgan fingerprint density at radius 2 is 1.95 bits per heavy atom. The van der Waals surface area contributed by atoms with Gasteiger partial charge in [-0.1, -0.05) is 6.08 Å². The molecule has 4 nitrogen and oxygen atoms in total. The van der Waals surface area contributed by atoms with E-state index in [2.05, 4.69) is 10.3 Å². The highest BCUT2D eigenvalue weighted by molar-refractivity contribution is 6.55. The topological polar surface area (TPSA) is 43.4 Å². The smallest absolute Gasteiger partial charge is 0.400 e. The van der Waals surface area contributed by atoms with Gasteiger partial charge in [0.25, 0.3) is 0 Å². The van der Waals surface area contributed by atoms with Crippen LogP contribution in [0.2, 0.25) is 0 Å². The van der Waals surface area contributed by atoms with Crippen LogP contribution in [0.15, 0.2) is 23.8 Å². The lowest BCUT2D eigenvalue weighted by molar-refractivity contribution is 0.00578. The highest BCUT2D eigenvalue weighted by Gasteiger charge is 2.52. The van der Waals surface area contributed by atoms with Crippen molar-refractivity contribution < 1.29 is 13.7 Å². The quantitative estimate of drug-likeness (QED) is 0.684. The molecule has 0 saturated carbocycles. The van der Waals surface area contributed by atoms with Crippen molar-refractivity contribution in [3.8, 4) is 0 Å². The number of halogens is 1. The van der Waals surface area contributed by atoms with Crippen LogP contribution in [0.4, 0.5) is 4.39 Å². The molecular weight excluding hydrogens is 270 g/mol. The zero-order chi connectivity index (χ0) is 15.7. The number of rotatable bonds is 4. The number of pyridine rings is 1. The number of hydrogen-bond donors (Lipinski definition) is 1. The molecule has 0 radical (unpaired) electrons. The normalized spacial score (nSPS) is 20.9. The molecule has 0 unspecified atom stereocenters. The second-order valence-corrected chi connectivity index (χ2v) is 6.25. The average Bonchev–Trinajstić information content (AvgIpc) is 2.58. The molecule has 0 aliphatic carbocycles. The molecule has 0 atom stereocenters. The number of nitrogens with one attached hydrogen (secondary N) is 1. The van der Waals surface area contributed by atoms with Crippen molar-refractivity contribution in [1.29, 1.82) is 0 Å². The highest BCUT2D eigenvalue weighted by atomic mass is 19.1. The van der Waals surface area contributed by atoms with Gasteiger partial charge in [-0.05, 0) is 51.8 Å². The Balaban J connectivity index is 2.28. The molecule has 2 heterocycles. The first-order chi connectivity index (χ1) is 9.75. The third kappa shape index (κ3) is 3.51. The van der Waals surface area contributed by atoms with E-state index in [0.717, 1.165) is 11.0 Å². The average molecular weight is 292 g/mol. The summed E-state index contributed by atoms with van der Waals surface area (Å²) in [5.41, 5.74) is 0.867. The van der Waals surface area contributed by atoms with E-state index in [9.17, 15) is 4.39 Å². The Bertz CT molecular complexity index is 530. The molecule has 0 spiro atoms. The molecular formula is C15H22BFN2O2. The molecule has 1 aromatic heterocycles. The third-order valence-electron chi connectivity index (χ3n) is 4.04. The fraction of sp³-hybridized carbons (Fsp3) is 0.533. The van der Waals surface area contributed by atoms with Gasteiger partial charge in [0, 0.05) is 18.8 Å². The van der Waals surface area contributed by atoms with E-state index in [1.54, 1.807) is 6.07 Å². The van der Waals surface area contributed by atoms with Crippen LogP contribution in [0.25, 0.3) is 6.08 Å². The minimum atomic E-state index is -0.499. The molecule has 1 N–H and O–H groups in total. The Labute approximate surface area is 125 Å². The van der Waals surface area contributed by atoms with Gasteiger partial charge in [0.15, 0.2) is 0 Å². The summed E-state index contributed by atoms with van der Waals surface area (Å²) in [5.74, 6) is -0.499. The van der Waals surface area contributed by atoms with E-state index in [0.29, 0.717) is 6.54 Å². The largest absolute Gasteiger partial charge is 0.491 e. The second-order valence-electron chi connectivity index (χ2n) is 6.25. The van der Waals surface area contributed by atoms with Gasteiger partial charge in [0.2, 0.25) is 5.95 Å². The van der Waals surface area contributed by atoms with Crippen molar-refractivity contribution >= 4 is 13.2 Å². The Hall–Kier alpha value is -1.24. The first-order valence-corrected chi connectivity index (χ1v) is 7.07. The van der Waals surface area contributed by atoms with Gasteiger partial charge in [-0.3, -0.25) is 0 Å². The van der Waals surface area contributed by atoms with E-state index < -0.39 is 24.3 Å². The molecule has 2 rings (SSSR count). The maximum absolute atomic E-state index is 13.2. The van der Waals surface area contributed by atoms with Gasteiger partial charge in [-0.25, -0.2) is 4.98 Å². The first-order valence-electron chi connectivity index (χ1n) is 7.07. The molecule has 1 fully saturated rings. The summed E-state index contributed by atoms with van der Waals surface area (Å²) in [6, 6.07) is 3.14. The Morgan fingerprint density at radius 3 is 2.48 bits per heavy atom. The summed E-state index contributed by atoms with van der Waals surface area (Å²) in [7, 11) is 1.41. The zero-order valence-electron chi connectivity index (χ0n) is 13.2. The predicted octanol–water partition coefficient (Wildman–Crippen LogP) is 2.45. The predicted molar refractivity (Wildman–Crippen MR) is 82.2 cm³/mol. The second kappa shape index (κ2) is 5.87. The van der Waals surface area contributed by atoms with Crippen LogP contribution in [-0.4, -0.2) is 36.9 Å². The molecule has 114 valence electrons. The van der Waals surface area contributed by atoms with Crippen LogP contribution in [0.1, 0.15) is 33.3 Å². The fourth-order valence-corrected chi connectivity index (χ4v) is 2.12. The van der Waals surface area contributed by atoms with Crippen molar-refractivity contribution in [3.63, 3.8) is 0 Å². The Kier molecular flexibility index (Phi) is 4.51. The van der Waals surface area contributed by atoms with Crippen LogP contribution in [0, 0.1) is 5.95 Å². The van der Waals surface area contributed by atoms with Gasteiger partial charge in [-0.2, -0.15) is 4.39 Å². The van der Waals surface area contributed by atoms with E-state index in [1.807, 2.05) is 40.8 Å². The van der Waals surface area contributed by atoms with Crippen LogP contribution in [0.3, 0.4) is 0 Å². The fourth-order valence-electron chi connectivity index (χ4n) is 2.12. The molecule has 0 amide bonds. The maximum Gasteiger partial charge on any atom is 0.491 e. The standard InChI is InChI=1S/C15H22BFN2O2/c1-14(2)15(3,4)21-16(20-14)12(10-18-5)8-11-6-7-19-13(17)9-11/h6-9,18H,10H2,1-5H3. The monoisotopic (exact) mass is 292 g/mol. The molecule has 1 aliphatic rings. The molecule has 1 aromatic rings. The van der Waals surface area contributed by atoms with Crippen LogP contribution >= 0.6 is 0 Å². The molecule has 0 aromatic carbocycles. The molecule has 1 aliphatic heterocycles. The number of aromatic nitrogens is 1. The first kappa shape index (κ1) is 16.1. The van der Waals surface area contributed by atoms with E-state index >= 15 is 0 Å². The van der Waals surface area contributed by atoms with Crippen molar-refractivity contribution in [2.24, 2.45) is 0 Å². The number of hydrogen-bond acceptors (Lipinski definition) is 4. The SMILES string of the molecule is CNCC(=Cc1ccnc(F)c1)B1OC(C)(C)C(C)(C)O1. The Morgan fingerprint density at radius 1 is 1.33 bits per heavy atom. The maximum atomic E-state index is 13.2. The van der Waals surface area contributed by atoms with Gasteiger partial charge >= 0.3 is 7.12 Å². The van der Waals surface area contributed by atoms with Crippen LogP contribution < -0.4 is 5.32 Å². The van der Waals surface area contributed by atoms with E-state index in [-0.39, 0.29) is 0 Å². The summed E-state index contributed by atoms with van der Waals surface area (Å²) in [5, 5.41) is 3.10. The van der Waals surface area contributed by atoms with E-state index in [1.165, 1.54) is 12.3 Å². The molecule has 21 heavy (non-hydrogen) atoms. The lowest BCUT2D eigenvalue weighted by Crippen LogP contribution is -2.41. The van der Waals surface area contributed by atoms with Gasteiger partial charge < -0.3 is 14.6 Å². The molecule has 1 saturated heterocycles. The summed E-state index contributed by atoms with van der Waals surface area (Å²) in [6.45, 7) is 8.64. The van der Waals surface area contributed by atoms with Gasteiger partial charge in [-0.15, -0.1) is 0 Å². The van der Waals surface area contributed by atoms with Crippen LogP contribution in [0.5, 0.6) is 0 Å². The summed E-state index contributed by atoms with van der Waals surface area (Å²) < 4.78 is 25.3. The minimum Gasteiger partial charge on any atom is -0.400 e. The third-order valence-corrected chi connectivity index (χ3v) is 4.04. The van der Waals surface area contributed by atoms with Crippen LogP contribution in [-0.2, 0) is 9.31 Å². The van der Waals surface area contributed by atoms with Crippen molar-refractivity contribution in [1.82, 2.24) is 10.3 Å².